The monoisotopic (exact) mass is 560 g/mol. The van der Waals surface area contributed by atoms with Gasteiger partial charge in [-0.25, -0.2) is 9.59 Å². The van der Waals surface area contributed by atoms with Crippen LogP contribution in [0.15, 0.2) is 30.3 Å². The van der Waals surface area contributed by atoms with Gasteiger partial charge in [0.05, 0.1) is 0 Å². The van der Waals surface area contributed by atoms with Crippen molar-refractivity contribution in [2.75, 3.05) is 13.6 Å². The van der Waals surface area contributed by atoms with E-state index in [1.165, 1.54) is 16.8 Å². The Labute approximate surface area is 236 Å². The third-order valence-corrected chi connectivity index (χ3v) is 7.14. The molecular weight excluding hydrogens is 516 g/mol. The Morgan fingerprint density at radius 1 is 0.950 bits per heavy atom. The van der Waals surface area contributed by atoms with Crippen molar-refractivity contribution >= 4 is 29.8 Å². The van der Waals surface area contributed by atoms with E-state index in [-0.39, 0.29) is 24.4 Å². The molecule has 11 heteroatoms. The first-order chi connectivity index (χ1) is 18.8. The van der Waals surface area contributed by atoms with Crippen molar-refractivity contribution in [3.8, 4) is 0 Å². The first-order valence-corrected chi connectivity index (χ1v) is 13.8. The van der Waals surface area contributed by atoms with E-state index < -0.39 is 54.0 Å². The highest BCUT2D eigenvalue weighted by Crippen LogP contribution is 2.23. The molecule has 1 heterocycles. The molecule has 0 spiro atoms. The van der Waals surface area contributed by atoms with E-state index in [1.807, 2.05) is 30.3 Å². The van der Waals surface area contributed by atoms with Crippen LogP contribution >= 0.6 is 0 Å². The number of carbonyl (C=O) groups is 5. The van der Waals surface area contributed by atoms with E-state index in [9.17, 15) is 29.1 Å². The summed E-state index contributed by atoms with van der Waals surface area (Å²) in [4.78, 5) is 67.2. The number of hydrogen-bond donors (Lipinski definition) is 3. The number of ether oxygens (including phenoxy) is 1. The van der Waals surface area contributed by atoms with E-state index >= 15 is 0 Å². The Morgan fingerprint density at radius 2 is 1.55 bits per heavy atom. The molecule has 4 atom stereocenters. The van der Waals surface area contributed by atoms with Crippen LogP contribution in [0.25, 0.3) is 0 Å². The number of benzene rings is 1. The van der Waals surface area contributed by atoms with Crippen molar-refractivity contribution in [1.82, 2.24) is 20.4 Å². The first kappa shape index (κ1) is 32.6. The van der Waals surface area contributed by atoms with Crippen molar-refractivity contribution in [3.63, 3.8) is 0 Å². The standard InChI is InChI=1S/C29H44N4O7/c1-17(2)22(31-29(39)40-16-20-12-9-8-10-13-20)25(34)30-23(18(3)4)26(35)32(7)24(19(5)6)27(36)33-15-11-14-21(33)28(37)38/h8-10,12-13,17-19,21-24H,11,14-16H2,1-7H3,(H,30,34)(H,31,39)(H,37,38)/t21-,22-,23?,24-/m0/s1. The molecule has 1 aliphatic heterocycles. The number of aliphatic carboxylic acids is 1. The predicted octanol–water partition coefficient (Wildman–Crippen LogP) is 2.64. The zero-order chi connectivity index (χ0) is 30.1. The molecule has 0 saturated carbocycles. The van der Waals surface area contributed by atoms with Crippen molar-refractivity contribution in [1.29, 1.82) is 0 Å². The van der Waals surface area contributed by atoms with Gasteiger partial charge >= 0.3 is 12.1 Å². The van der Waals surface area contributed by atoms with Crippen LogP contribution in [0, 0.1) is 17.8 Å². The molecule has 0 aromatic heterocycles. The second-order valence-electron chi connectivity index (χ2n) is 11.3. The summed E-state index contributed by atoms with van der Waals surface area (Å²) >= 11 is 0. The third-order valence-electron chi connectivity index (χ3n) is 7.14. The first-order valence-electron chi connectivity index (χ1n) is 13.8. The van der Waals surface area contributed by atoms with Gasteiger partial charge < -0.3 is 30.3 Å². The maximum absolute atomic E-state index is 13.7. The van der Waals surface area contributed by atoms with Crippen LogP contribution in [0.4, 0.5) is 4.79 Å². The summed E-state index contributed by atoms with van der Waals surface area (Å²) in [6.45, 7) is 11.0. The molecule has 1 aliphatic rings. The average Bonchev–Trinajstić information content (AvgIpc) is 3.39. The van der Waals surface area contributed by atoms with E-state index in [0.29, 0.717) is 19.4 Å². The van der Waals surface area contributed by atoms with Crippen molar-refractivity contribution in [2.24, 2.45) is 17.8 Å². The lowest BCUT2D eigenvalue weighted by Gasteiger charge is -2.37. The molecule has 2 rings (SSSR count). The molecule has 1 fully saturated rings. The fraction of sp³-hybridized carbons (Fsp3) is 0.621. The Kier molecular flexibility index (Phi) is 11.9. The molecule has 4 amide bonds. The average molecular weight is 561 g/mol. The minimum Gasteiger partial charge on any atom is -0.480 e. The lowest BCUT2D eigenvalue weighted by atomic mass is 9.96. The summed E-state index contributed by atoms with van der Waals surface area (Å²) in [5, 5.41) is 14.9. The van der Waals surface area contributed by atoms with Gasteiger partial charge in [-0.2, -0.15) is 0 Å². The molecule has 3 N–H and O–H groups in total. The summed E-state index contributed by atoms with van der Waals surface area (Å²) < 4.78 is 5.27. The van der Waals surface area contributed by atoms with Crippen LogP contribution in [0.5, 0.6) is 0 Å². The number of hydrogen-bond acceptors (Lipinski definition) is 6. The number of likely N-dealkylation sites (tertiary alicyclic amines) is 1. The molecule has 1 aromatic carbocycles. The van der Waals surface area contributed by atoms with Gasteiger partial charge in [-0.15, -0.1) is 0 Å². The number of nitrogens with zero attached hydrogens (tertiary/aromatic N) is 2. The van der Waals surface area contributed by atoms with Crippen LogP contribution < -0.4 is 10.6 Å². The minimum atomic E-state index is -1.07. The topological polar surface area (TPSA) is 145 Å². The van der Waals surface area contributed by atoms with Gasteiger partial charge in [-0.05, 0) is 36.2 Å². The highest BCUT2D eigenvalue weighted by Gasteiger charge is 2.42. The number of amides is 4. The molecule has 1 unspecified atom stereocenters. The molecule has 11 nitrogen and oxygen atoms in total. The lowest BCUT2D eigenvalue weighted by molar-refractivity contribution is -0.154. The minimum absolute atomic E-state index is 0.0430. The van der Waals surface area contributed by atoms with Crippen molar-refractivity contribution < 1.29 is 33.8 Å². The van der Waals surface area contributed by atoms with E-state index in [4.69, 9.17) is 4.74 Å². The Balaban J connectivity index is 2.14. The lowest BCUT2D eigenvalue weighted by Crippen LogP contribution is -2.60. The molecule has 222 valence electrons. The second kappa shape index (κ2) is 14.7. The van der Waals surface area contributed by atoms with E-state index in [1.54, 1.807) is 41.5 Å². The van der Waals surface area contributed by atoms with Gasteiger partial charge in [-0.3, -0.25) is 14.4 Å². The zero-order valence-electron chi connectivity index (χ0n) is 24.5. The SMILES string of the molecule is CC(C)C(NC(=O)[C@@H](NC(=O)OCc1ccccc1)C(C)C)C(=O)N(C)[C@H](C(=O)N1CCC[C@H]1C(=O)O)C(C)C. The fourth-order valence-electron chi connectivity index (χ4n) is 4.89. The van der Waals surface area contributed by atoms with Crippen molar-refractivity contribution in [2.45, 2.75) is 85.2 Å². The summed E-state index contributed by atoms with van der Waals surface area (Å²) in [6.07, 6.45) is 0.185. The molecule has 40 heavy (non-hydrogen) atoms. The van der Waals surface area contributed by atoms with Gasteiger partial charge in [0.2, 0.25) is 17.7 Å². The number of alkyl carbamates (subject to hydrolysis) is 1. The Bertz CT molecular complexity index is 1040. The number of carbonyl (C=O) groups excluding carboxylic acids is 4. The molecule has 0 bridgehead atoms. The fourth-order valence-corrected chi connectivity index (χ4v) is 4.89. The van der Waals surface area contributed by atoms with Gasteiger partial charge in [-0.1, -0.05) is 71.9 Å². The summed E-state index contributed by atoms with van der Waals surface area (Å²) in [5.74, 6) is -3.46. The number of rotatable bonds is 12. The van der Waals surface area contributed by atoms with Crippen LogP contribution in [-0.4, -0.2) is 82.5 Å². The smallest absolute Gasteiger partial charge is 0.408 e. The summed E-state index contributed by atoms with van der Waals surface area (Å²) in [5.41, 5.74) is 0.801. The van der Waals surface area contributed by atoms with Gasteiger partial charge in [0.1, 0.15) is 30.8 Å². The number of nitrogens with one attached hydrogen (secondary N) is 2. The molecule has 1 aromatic rings. The Hall–Kier alpha value is -3.63. The largest absolute Gasteiger partial charge is 0.480 e. The number of carboxylic acids is 1. The van der Waals surface area contributed by atoms with Crippen LogP contribution in [0.1, 0.15) is 59.9 Å². The second-order valence-corrected chi connectivity index (χ2v) is 11.3. The van der Waals surface area contributed by atoms with Crippen molar-refractivity contribution in [3.05, 3.63) is 35.9 Å². The third kappa shape index (κ3) is 8.43. The van der Waals surface area contributed by atoms with Gasteiger partial charge in [0.15, 0.2) is 0 Å². The van der Waals surface area contributed by atoms with E-state index in [2.05, 4.69) is 10.6 Å². The van der Waals surface area contributed by atoms with Gasteiger partial charge in [0.25, 0.3) is 0 Å². The maximum Gasteiger partial charge on any atom is 0.408 e. The molecular formula is C29H44N4O7. The summed E-state index contributed by atoms with van der Waals surface area (Å²) in [7, 11) is 1.50. The normalized spacial score (nSPS) is 17.4. The molecule has 0 aliphatic carbocycles. The highest BCUT2D eigenvalue weighted by atomic mass is 16.5. The quantitative estimate of drug-likeness (QED) is 0.356. The molecule has 1 saturated heterocycles. The van der Waals surface area contributed by atoms with Gasteiger partial charge in [0, 0.05) is 13.6 Å². The van der Waals surface area contributed by atoms with Crippen LogP contribution in [0.3, 0.4) is 0 Å². The molecule has 0 radical (unpaired) electrons. The van der Waals surface area contributed by atoms with E-state index in [0.717, 1.165) is 5.56 Å². The number of likely N-dealkylation sites (N-methyl/N-ethyl adjacent to an activating group) is 1. The number of carboxylic acid groups (broad SMARTS) is 1. The van der Waals surface area contributed by atoms with Crippen LogP contribution in [-0.2, 0) is 30.5 Å². The zero-order valence-corrected chi connectivity index (χ0v) is 24.5. The highest BCUT2D eigenvalue weighted by molar-refractivity contribution is 5.95. The summed E-state index contributed by atoms with van der Waals surface area (Å²) in [6, 6.07) is 5.36. The predicted molar refractivity (Wildman–Crippen MR) is 149 cm³/mol. The Morgan fingerprint density at radius 3 is 2.08 bits per heavy atom. The maximum atomic E-state index is 13.7. The van der Waals surface area contributed by atoms with Crippen LogP contribution in [0.2, 0.25) is 0 Å².